The van der Waals surface area contributed by atoms with E-state index in [0.29, 0.717) is 6.54 Å². The molecule has 0 aromatic heterocycles. The molecule has 0 unspecified atom stereocenters. The molecule has 0 bridgehead atoms. The summed E-state index contributed by atoms with van der Waals surface area (Å²) in [5.74, 6) is 1.59. The first-order valence-corrected chi connectivity index (χ1v) is 9.81. The van der Waals surface area contributed by atoms with Crippen molar-refractivity contribution in [2.45, 2.75) is 6.42 Å². The highest BCUT2D eigenvalue weighted by Crippen LogP contribution is 2.30. The lowest BCUT2D eigenvalue weighted by Gasteiger charge is -2.31. The van der Waals surface area contributed by atoms with Crippen molar-refractivity contribution in [2.75, 3.05) is 76.3 Å². The number of ether oxygens (including phenoxy) is 1. The van der Waals surface area contributed by atoms with Gasteiger partial charge in [0, 0.05) is 44.1 Å². The van der Waals surface area contributed by atoms with Gasteiger partial charge in [0.05, 0.1) is 19.8 Å². The van der Waals surface area contributed by atoms with Crippen molar-refractivity contribution in [1.29, 1.82) is 0 Å². The number of likely N-dealkylation sites (tertiary alicyclic amines) is 2. The number of amides is 1. The third-order valence-corrected chi connectivity index (χ3v) is 5.97. The Kier molecular flexibility index (Phi) is 5.43. The van der Waals surface area contributed by atoms with Gasteiger partial charge in [-0.15, -0.1) is 0 Å². The molecule has 6 heteroatoms. The summed E-state index contributed by atoms with van der Waals surface area (Å²) >= 11 is 0. The van der Waals surface area contributed by atoms with Crippen LogP contribution in [0.4, 0.5) is 11.4 Å². The molecule has 1 N–H and O–H groups in total. The predicted molar refractivity (Wildman–Crippen MR) is 104 cm³/mol. The number of carbonyl (C=O) groups is 1. The Morgan fingerprint density at radius 2 is 1.81 bits per heavy atom. The summed E-state index contributed by atoms with van der Waals surface area (Å²) in [6.45, 7) is 8.42. The van der Waals surface area contributed by atoms with E-state index in [-0.39, 0.29) is 5.91 Å². The van der Waals surface area contributed by atoms with Crippen LogP contribution >= 0.6 is 0 Å². The quantitative estimate of drug-likeness (QED) is 0.880. The van der Waals surface area contributed by atoms with Crippen molar-refractivity contribution >= 4 is 17.3 Å². The molecule has 0 spiro atoms. The fourth-order valence-electron chi connectivity index (χ4n) is 4.56. The Labute approximate surface area is 156 Å². The Hall–Kier alpha value is -1.63. The average Bonchev–Trinajstić information content (AvgIpc) is 3.04. The first kappa shape index (κ1) is 17.8. The van der Waals surface area contributed by atoms with Gasteiger partial charge < -0.3 is 19.9 Å². The minimum Gasteiger partial charge on any atom is -0.378 e. The van der Waals surface area contributed by atoms with Crippen LogP contribution in [0.25, 0.3) is 0 Å². The van der Waals surface area contributed by atoms with E-state index in [1.165, 1.54) is 25.2 Å². The molecular weight excluding hydrogens is 328 g/mol. The van der Waals surface area contributed by atoms with E-state index < -0.39 is 0 Å². The summed E-state index contributed by atoms with van der Waals surface area (Å²) in [4.78, 5) is 19.5. The van der Waals surface area contributed by atoms with Gasteiger partial charge in [-0.2, -0.15) is 0 Å². The summed E-state index contributed by atoms with van der Waals surface area (Å²) in [5, 5.41) is 3.05. The van der Waals surface area contributed by atoms with Gasteiger partial charge in [-0.05, 0) is 56.1 Å². The molecule has 142 valence electrons. The number of rotatable bonds is 4. The van der Waals surface area contributed by atoms with E-state index in [1.54, 1.807) is 0 Å². The standard InChI is InChI=1S/C20H30N4O2/c1-22-7-6-16-13-23(14-17(16)12-22)15-20(25)21-18-2-4-19(5-3-18)24-8-10-26-11-9-24/h2-5,16-17H,6-15H2,1H3,(H,21,25)/t16-,17+/m1/s1. The second-order valence-electron chi connectivity index (χ2n) is 7.96. The van der Waals surface area contributed by atoms with E-state index in [1.807, 2.05) is 12.1 Å². The monoisotopic (exact) mass is 358 g/mol. The smallest absolute Gasteiger partial charge is 0.238 e. The van der Waals surface area contributed by atoms with Crippen molar-refractivity contribution in [3.05, 3.63) is 24.3 Å². The lowest BCUT2D eigenvalue weighted by Crippen LogP contribution is -2.37. The first-order chi connectivity index (χ1) is 12.7. The third kappa shape index (κ3) is 4.19. The van der Waals surface area contributed by atoms with Crippen molar-refractivity contribution in [3.63, 3.8) is 0 Å². The molecule has 3 fully saturated rings. The molecule has 3 saturated heterocycles. The molecule has 1 amide bonds. The highest BCUT2D eigenvalue weighted by molar-refractivity contribution is 5.92. The zero-order valence-corrected chi connectivity index (χ0v) is 15.7. The number of hydrogen-bond acceptors (Lipinski definition) is 5. The molecule has 3 aliphatic heterocycles. The summed E-state index contributed by atoms with van der Waals surface area (Å²) in [6.07, 6.45) is 1.27. The summed E-state index contributed by atoms with van der Waals surface area (Å²) in [7, 11) is 2.20. The van der Waals surface area contributed by atoms with Crippen molar-refractivity contribution < 1.29 is 9.53 Å². The molecule has 1 aromatic carbocycles. The number of nitrogens with one attached hydrogen (secondary N) is 1. The Bertz CT molecular complexity index is 615. The predicted octanol–water partition coefficient (Wildman–Crippen LogP) is 1.35. The molecule has 4 rings (SSSR count). The molecule has 0 radical (unpaired) electrons. The maximum Gasteiger partial charge on any atom is 0.238 e. The molecule has 3 aliphatic rings. The molecule has 3 heterocycles. The lowest BCUT2D eigenvalue weighted by molar-refractivity contribution is -0.117. The SMILES string of the molecule is CN1CC[C@@H]2CN(CC(=O)Nc3ccc(N4CCOCC4)cc3)C[C@@H]2C1. The largest absolute Gasteiger partial charge is 0.378 e. The number of nitrogens with zero attached hydrogens (tertiary/aromatic N) is 3. The van der Waals surface area contributed by atoms with Gasteiger partial charge in [0.25, 0.3) is 0 Å². The van der Waals surface area contributed by atoms with Gasteiger partial charge in [0.1, 0.15) is 0 Å². The number of anilines is 2. The van der Waals surface area contributed by atoms with E-state index in [2.05, 4.69) is 39.2 Å². The lowest BCUT2D eigenvalue weighted by atomic mass is 9.89. The minimum atomic E-state index is 0.0936. The molecule has 0 aliphatic carbocycles. The van der Waals surface area contributed by atoms with Gasteiger partial charge >= 0.3 is 0 Å². The fraction of sp³-hybridized carbons (Fsp3) is 0.650. The number of hydrogen-bond donors (Lipinski definition) is 1. The first-order valence-electron chi connectivity index (χ1n) is 9.81. The highest BCUT2D eigenvalue weighted by atomic mass is 16.5. The van der Waals surface area contributed by atoms with Crippen LogP contribution in [0.15, 0.2) is 24.3 Å². The summed E-state index contributed by atoms with van der Waals surface area (Å²) in [5.41, 5.74) is 2.07. The van der Waals surface area contributed by atoms with Crippen LogP contribution < -0.4 is 10.2 Å². The molecule has 6 nitrogen and oxygen atoms in total. The minimum absolute atomic E-state index is 0.0936. The molecule has 2 atom stereocenters. The van der Waals surface area contributed by atoms with Crippen LogP contribution in [-0.4, -0.2) is 81.8 Å². The van der Waals surface area contributed by atoms with Crippen molar-refractivity contribution in [2.24, 2.45) is 11.8 Å². The van der Waals surface area contributed by atoms with Crippen LogP contribution in [0.2, 0.25) is 0 Å². The van der Waals surface area contributed by atoms with Crippen LogP contribution in [0, 0.1) is 11.8 Å². The highest BCUT2D eigenvalue weighted by Gasteiger charge is 2.36. The third-order valence-electron chi connectivity index (χ3n) is 5.97. The summed E-state index contributed by atoms with van der Waals surface area (Å²) < 4.78 is 5.40. The van der Waals surface area contributed by atoms with Crippen molar-refractivity contribution in [1.82, 2.24) is 9.80 Å². The number of fused-ring (bicyclic) bond motifs is 1. The van der Waals surface area contributed by atoms with E-state index in [9.17, 15) is 4.79 Å². The number of benzene rings is 1. The van der Waals surface area contributed by atoms with Gasteiger partial charge in [-0.3, -0.25) is 9.69 Å². The molecule has 0 saturated carbocycles. The van der Waals surface area contributed by atoms with E-state index in [0.717, 1.165) is 56.9 Å². The van der Waals surface area contributed by atoms with Crippen LogP contribution in [0.5, 0.6) is 0 Å². The zero-order chi connectivity index (χ0) is 17.9. The maximum atomic E-state index is 12.4. The summed E-state index contributed by atoms with van der Waals surface area (Å²) in [6, 6.07) is 8.17. The van der Waals surface area contributed by atoms with Crippen LogP contribution in [0.3, 0.4) is 0 Å². The Balaban J connectivity index is 1.27. The van der Waals surface area contributed by atoms with E-state index in [4.69, 9.17) is 4.74 Å². The van der Waals surface area contributed by atoms with Crippen LogP contribution in [-0.2, 0) is 9.53 Å². The fourth-order valence-corrected chi connectivity index (χ4v) is 4.56. The van der Waals surface area contributed by atoms with Gasteiger partial charge in [0.2, 0.25) is 5.91 Å². The normalized spacial score (nSPS) is 27.3. The van der Waals surface area contributed by atoms with Gasteiger partial charge in [-0.1, -0.05) is 0 Å². The van der Waals surface area contributed by atoms with Crippen LogP contribution in [0.1, 0.15) is 6.42 Å². The molecule has 26 heavy (non-hydrogen) atoms. The second kappa shape index (κ2) is 7.94. The van der Waals surface area contributed by atoms with Gasteiger partial charge in [-0.25, -0.2) is 0 Å². The Morgan fingerprint density at radius 1 is 1.08 bits per heavy atom. The number of carbonyl (C=O) groups excluding carboxylic acids is 1. The number of morpholine rings is 1. The Morgan fingerprint density at radius 3 is 2.58 bits per heavy atom. The maximum absolute atomic E-state index is 12.4. The topological polar surface area (TPSA) is 48.0 Å². The molecule has 1 aromatic rings. The molecular formula is C20H30N4O2. The van der Waals surface area contributed by atoms with E-state index >= 15 is 0 Å². The second-order valence-corrected chi connectivity index (χ2v) is 7.96. The van der Waals surface area contributed by atoms with Gasteiger partial charge in [0.15, 0.2) is 0 Å². The number of piperidine rings is 1. The zero-order valence-electron chi connectivity index (χ0n) is 15.7. The van der Waals surface area contributed by atoms with Crippen molar-refractivity contribution in [3.8, 4) is 0 Å². The average molecular weight is 358 g/mol.